The summed E-state index contributed by atoms with van der Waals surface area (Å²) in [6, 6.07) is 14.4. The van der Waals surface area contributed by atoms with E-state index in [-0.39, 0.29) is 24.9 Å². The summed E-state index contributed by atoms with van der Waals surface area (Å²) in [6.45, 7) is 2.80. The van der Waals surface area contributed by atoms with Crippen LogP contribution in [0.5, 0.6) is 0 Å². The molecule has 2 aliphatic rings. The molecule has 2 aromatic rings. The smallest absolute Gasteiger partial charge is 0.251 e. The summed E-state index contributed by atoms with van der Waals surface area (Å²) in [5.74, 6) is 0.926. The number of hydrogen-bond acceptors (Lipinski definition) is 3. The molecule has 2 aliphatic heterocycles. The number of nitrogens with one attached hydrogen (secondary N) is 2. The second kappa shape index (κ2) is 7.56. The third-order valence-electron chi connectivity index (χ3n) is 5.22. The summed E-state index contributed by atoms with van der Waals surface area (Å²) in [7, 11) is 0. The number of aliphatic hydroxyl groups excluding tert-OH is 1. The lowest BCUT2D eigenvalue weighted by Gasteiger charge is -2.17. The number of aliphatic hydroxyl groups is 1. The van der Waals surface area contributed by atoms with Gasteiger partial charge in [-0.1, -0.05) is 36.4 Å². The highest BCUT2D eigenvalue weighted by Gasteiger charge is 2.34. The number of carbonyl (C=O) groups excluding carboxylic acids is 1. The average molecular weight is 359 g/mol. The summed E-state index contributed by atoms with van der Waals surface area (Å²) >= 11 is 0. The van der Waals surface area contributed by atoms with Crippen LogP contribution >= 0.6 is 12.4 Å². The SMILES string of the molecule is Cl.O=C1NC[C@@H]2CNCC2c2ccc(-c3cccc(CCO)c3)cc21. The monoisotopic (exact) mass is 358 g/mol. The molecule has 1 saturated heterocycles. The Hall–Kier alpha value is -1.88. The molecule has 0 aromatic heterocycles. The van der Waals surface area contributed by atoms with Gasteiger partial charge in [0, 0.05) is 37.7 Å². The third-order valence-corrected chi connectivity index (χ3v) is 5.22. The fraction of sp³-hybridized carbons (Fsp3) is 0.350. The van der Waals surface area contributed by atoms with E-state index >= 15 is 0 Å². The Labute approximate surface area is 154 Å². The Bertz CT molecular complexity index is 778. The van der Waals surface area contributed by atoms with Crippen molar-refractivity contribution in [2.45, 2.75) is 12.3 Å². The van der Waals surface area contributed by atoms with Crippen molar-refractivity contribution < 1.29 is 9.90 Å². The molecule has 2 heterocycles. The molecule has 1 amide bonds. The normalized spacial score (nSPS) is 21.6. The maximum absolute atomic E-state index is 12.5. The van der Waals surface area contributed by atoms with E-state index in [0.29, 0.717) is 18.3 Å². The number of benzene rings is 2. The highest BCUT2D eigenvalue weighted by molar-refractivity contribution is 5.97. The van der Waals surface area contributed by atoms with Crippen LogP contribution in [0.25, 0.3) is 11.1 Å². The lowest BCUT2D eigenvalue weighted by Crippen LogP contribution is -2.28. The minimum Gasteiger partial charge on any atom is -0.396 e. The first-order chi connectivity index (χ1) is 11.8. The van der Waals surface area contributed by atoms with E-state index in [0.717, 1.165) is 47.5 Å². The number of fused-ring (bicyclic) bond motifs is 3. The van der Waals surface area contributed by atoms with Crippen LogP contribution in [0.3, 0.4) is 0 Å². The van der Waals surface area contributed by atoms with Crippen LogP contribution in [-0.4, -0.2) is 37.3 Å². The molecule has 5 heteroatoms. The largest absolute Gasteiger partial charge is 0.396 e. The Balaban J connectivity index is 0.00000182. The van der Waals surface area contributed by atoms with Crippen molar-refractivity contribution in [3.63, 3.8) is 0 Å². The summed E-state index contributed by atoms with van der Waals surface area (Å²) in [6.07, 6.45) is 0.648. The maximum Gasteiger partial charge on any atom is 0.251 e. The highest BCUT2D eigenvalue weighted by Crippen LogP contribution is 2.34. The van der Waals surface area contributed by atoms with Crippen LogP contribution in [0.2, 0.25) is 0 Å². The first kappa shape index (κ1) is 17.9. The van der Waals surface area contributed by atoms with E-state index in [2.05, 4.69) is 34.9 Å². The minimum atomic E-state index is 0. The number of amides is 1. The minimum absolute atomic E-state index is 0. The van der Waals surface area contributed by atoms with E-state index in [1.54, 1.807) is 0 Å². The van der Waals surface area contributed by atoms with E-state index < -0.39 is 0 Å². The van der Waals surface area contributed by atoms with Crippen LogP contribution in [-0.2, 0) is 6.42 Å². The zero-order valence-electron chi connectivity index (χ0n) is 14.0. The van der Waals surface area contributed by atoms with Gasteiger partial charge in [-0.3, -0.25) is 4.79 Å². The van der Waals surface area contributed by atoms with Crippen molar-refractivity contribution >= 4 is 18.3 Å². The van der Waals surface area contributed by atoms with Gasteiger partial charge in [0.05, 0.1) is 0 Å². The van der Waals surface area contributed by atoms with Crippen molar-refractivity contribution in [1.82, 2.24) is 10.6 Å². The average Bonchev–Trinajstić information content (AvgIpc) is 3.03. The van der Waals surface area contributed by atoms with Crippen LogP contribution in [0.4, 0.5) is 0 Å². The quantitative estimate of drug-likeness (QED) is 0.789. The molecule has 0 radical (unpaired) electrons. The van der Waals surface area contributed by atoms with Gasteiger partial charge >= 0.3 is 0 Å². The highest BCUT2D eigenvalue weighted by atomic mass is 35.5. The molecule has 1 unspecified atom stereocenters. The summed E-state index contributed by atoms with van der Waals surface area (Å²) < 4.78 is 0. The number of hydrogen-bond donors (Lipinski definition) is 3. The Morgan fingerprint density at radius 3 is 2.72 bits per heavy atom. The van der Waals surface area contributed by atoms with Crippen molar-refractivity contribution in [1.29, 1.82) is 0 Å². The van der Waals surface area contributed by atoms with Gasteiger partial charge in [0.2, 0.25) is 0 Å². The zero-order chi connectivity index (χ0) is 16.5. The van der Waals surface area contributed by atoms with Gasteiger partial charge in [0.1, 0.15) is 0 Å². The molecule has 2 atom stereocenters. The maximum atomic E-state index is 12.5. The molecular formula is C20H23ClN2O2. The predicted molar refractivity (Wildman–Crippen MR) is 101 cm³/mol. The fourth-order valence-electron chi connectivity index (χ4n) is 3.92. The first-order valence-electron chi connectivity index (χ1n) is 8.59. The number of carbonyl (C=O) groups is 1. The van der Waals surface area contributed by atoms with Crippen LogP contribution in [0.1, 0.15) is 27.4 Å². The Morgan fingerprint density at radius 2 is 1.88 bits per heavy atom. The van der Waals surface area contributed by atoms with Crippen molar-refractivity contribution in [3.05, 3.63) is 59.2 Å². The van der Waals surface area contributed by atoms with Gasteiger partial charge in [-0.05, 0) is 40.7 Å². The van der Waals surface area contributed by atoms with Crippen molar-refractivity contribution in [2.24, 2.45) is 5.92 Å². The lowest BCUT2D eigenvalue weighted by atomic mass is 9.86. The number of rotatable bonds is 3. The molecule has 1 fully saturated rings. The molecule has 4 nitrogen and oxygen atoms in total. The van der Waals surface area contributed by atoms with Crippen LogP contribution in [0.15, 0.2) is 42.5 Å². The van der Waals surface area contributed by atoms with Crippen molar-refractivity contribution in [3.8, 4) is 11.1 Å². The van der Waals surface area contributed by atoms with Gasteiger partial charge < -0.3 is 15.7 Å². The molecule has 132 valence electrons. The molecule has 2 aromatic carbocycles. The summed E-state index contributed by atoms with van der Waals surface area (Å²) in [4.78, 5) is 12.5. The summed E-state index contributed by atoms with van der Waals surface area (Å²) in [5, 5.41) is 15.6. The Morgan fingerprint density at radius 1 is 1.04 bits per heavy atom. The second-order valence-electron chi connectivity index (χ2n) is 6.71. The van der Waals surface area contributed by atoms with E-state index in [1.165, 1.54) is 0 Å². The molecule has 0 saturated carbocycles. The lowest BCUT2D eigenvalue weighted by molar-refractivity contribution is 0.0952. The van der Waals surface area contributed by atoms with Gasteiger partial charge in [-0.25, -0.2) is 0 Å². The van der Waals surface area contributed by atoms with Gasteiger partial charge in [0.15, 0.2) is 0 Å². The van der Waals surface area contributed by atoms with Crippen LogP contribution < -0.4 is 10.6 Å². The van der Waals surface area contributed by atoms with Crippen molar-refractivity contribution in [2.75, 3.05) is 26.2 Å². The zero-order valence-corrected chi connectivity index (χ0v) is 14.8. The van der Waals surface area contributed by atoms with Gasteiger partial charge in [0.25, 0.3) is 5.91 Å². The van der Waals surface area contributed by atoms with E-state index in [9.17, 15) is 4.79 Å². The topological polar surface area (TPSA) is 61.4 Å². The molecular weight excluding hydrogens is 336 g/mol. The Kier molecular flexibility index (Phi) is 5.42. The van der Waals surface area contributed by atoms with E-state index in [4.69, 9.17) is 5.11 Å². The molecule has 3 N–H and O–H groups in total. The predicted octanol–water partition coefficient (Wildman–Crippen LogP) is 2.36. The first-order valence-corrected chi connectivity index (χ1v) is 8.59. The number of halogens is 1. The standard InChI is InChI=1S/C20H22N2O2.ClH/c23-7-6-13-2-1-3-14(8-13)15-4-5-17-18(9-15)20(24)22-11-16-10-21-12-19(16)17;/h1-5,8-9,16,19,21,23H,6-7,10-12H2,(H,22,24);1H/t16-,19?;/m0./s1. The summed E-state index contributed by atoms with van der Waals surface area (Å²) in [5.41, 5.74) is 5.20. The fourth-order valence-corrected chi connectivity index (χ4v) is 3.92. The van der Waals surface area contributed by atoms with Gasteiger partial charge in [-0.15, -0.1) is 12.4 Å². The molecule has 4 rings (SSSR count). The molecule has 0 bridgehead atoms. The van der Waals surface area contributed by atoms with Crippen LogP contribution in [0, 0.1) is 5.92 Å². The second-order valence-corrected chi connectivity index (χ2v) is 6.71. The molecule has 0 spiro atoms. The van der Waals surface area contributed by atoms with E-state index in [1.807, 2.05) is 18.2 Å². The molecule has 25 heavy (non-hydrogen) atoms. The third kappa shape index (κ3) is 3.43. The molecule has 0 aliphatic carbocycles. The van der Waals surface area contributed by atoms with Gasteiger partial charge in [-0.2, -0.15) is 0 Å².